The molecule has 2 aliphatic rings. The molecule has 2 fully saturated rings. The molecule has 0 aliphatic heterocycles. The van der Waals surface area contributed by atoms with E-state index >= 15 is 0 Å². The zero-order chi connectivity index (χ0) is 16.4. The summed E-state index contributed by atoms with van der Waals surface area (Å²) in [5, 5.41) is 4.42. The SMILES string of the molecule is COc1ccc(CN(C)C(=S)NC2CC3CCC2C3)c(OC)c1. The lowest BCUT2D eigenvalue weighted by molar-refractivity contribution is 0.366. The molecule has 2 saturated carbocycles. The Labute approximate surface area is 144 Å². The summed E-state index contributed by atoms with van der Waals surface area (Å²) in [5.41, 5.74) is 1.10. The molecule has 0 amide bonds. The summed E-state index contributed by atoms with van der Waals surface area (Å²) in [6.07, 6.45) is 5.44. The molecular formula is C18H26N2O2S. The minimum atomic E-state index is 0.571. The van der Waals surface area contributed by atoms with E-state index in [1.807, 2.05) is 25.2 Å². The Morgan fingerprint density at radius 3 is 2.70 bits per heavy atom. The number of ether oxygens (including phenoxy) is 2. The summed E-state index contributed by atoms with van der Waals surface area (Å²) < 4.78 is 10.7. The highest BCUT2D eigenvalue weighted by atomic mass is 32.1. The van der Waals surface area contributed by atoms with Crippen LogP contribution in [0.25, 0.3) is 0 Å². The fourth-order valence-electron chi connectivity index (χ4n) is 4.00. The van der Waals surface area contributed by atoms with Crippen molar-refractivity contribution in [1.29, 1.82) is 0 Å². The van der Waals surface area contributed by atoms with Gasteiger partial charge in [-0.1, -0.05) is 6.42 Å². The lowest BCUT2D eigenvalue weighted by Gasteiger charge is -2.29. The Kier molecular flexibility index (Phi) is 4.95. The van der Waals surface area contributed by atoms with Crippen molar-refractivity contribution >= 4 is 17.3 Å². The van der Waals surface area contributed by atoms with Crippen LogP contribution in [0.1, 0.15) is 31.2 Å². The lowest BCUT2D eigenvalue weighted by Crippen LogP contribution is -2.44. The third kappa shape index (κ3) is 3.55. The number of hydrogen-bond donors (Lipinski definition) is 1. The largest absolute Gasteiger partial charge is 0.497 e. The van der Waals surface area contributed by atoms with E-state index in [2.05, 4.69) is 10.2 Å². The number of nitrogens with zero attached hydrogens (tertiary/aromatic N) is 1. The molecular weight excluding hydrogens is 308 g/mol. The summed E-state index contributed by atoms with van der Waals surface area (Å²) >= 11 is 5.61. The molecule has 0 heterocycles. The van der Waals surface area contributed by atoms with E-state index in [-0.39, 0.29) is 0 Å². The molecule has 1 N–H and O–H groups in total. The van der Waals surface area contributed by atoms with E-state index in [9.17, 15) is 0 Å². The van der Waals surface area contributed by atoms with Gasteiger partial charge in [0.15, 0.2) is 5.11 Å². The van der Waals surface area contributed by atoms with Crippen LogP contribution < -0.4 is 14.8 Å². The average Bonchev–Trinajstić information content (AvgIpc) is 3.17. The topological polar surface area (TPSA) is 33.7 Å². The van der Waals surface area contributed by atoms with Gasteiger partial charge in [-0.15, -0.1) is 0 Å². The first-order valence-electron chi connectivity index (χ1n) is 8.33. The van der Waals surface area contributed by atoms with Gasteiger partial charge in [0.2, 0.25) is 0 Å². The molecule has 4 nitrogen and oxygen atoms in total. The van der Waals surface area contributed by atoms with E-state index in [1.165, 1.54) is 25.7 Å². The molecule has 3 rings (SSSR count). The van der Waals surface area contributed by atoms with Crippen molar-refractivity contribution in [2.24, 2.45) is 11.8 Å². The maximum Gasteiger partial charge on any atom is 0.169 e. The molecule has 0 spiro atoms. The van der Waals surface area contributed by atoms with Gasteiger partial charge in [-0.25, -0.2) is 0 Å². The molecule has 0 aromatic heterocycles. The molecule has 1 aromatic carbocycles. The summed E-state index contributed by atoms with van der Waals surface area (Å²) in [5.74, 6) is 3.38. The van der Waals surface area contributed by atoms with Crippen molar-refractivity contribution in [2.45, 2.75) is 38.3 Å². The fraction of sp³-hybridized carbons (Fsp3) is 0.611. The maximum absolute atomic E-state index is 5.61. The highest BCUT2D eigenvalue weighted by molar-refractivity contribution is 7.80. The van der Waals surface area contributed by atoms with Crippen LogP contribution in [0.4, 0.5) is 0 Å². The second kappa shape index (κ2) is 6.95. The maximum atomic E-state index is 5.61. The molecule has 0 saturated heterocycles. The quantitative estimate of drug-likeness (QED) is 0.837. The van der Waals surface area contributed by atoms with Crippen molar-refractivity contribution < 1.29 is 9.47 Å². The molecule has 1 aromatic rings. The predicted molar refractivity (Wildman–Crippen MR) is 96.0 cm³/mol. The summed E-state index contributed by atoms with van der Waals surface area (Å²) in [6, 6.07) is 6.48. The van der Waals surface area contributed by atoms with Gasteiger partial charge in [0.25, 0.3) is 0 Å². The minimum Gasteiger partial charge on any atom is -0.497 e. The van der Waals surface area contributed by atoms with E-state index in [1.54, 1.807) is 14.2 Å². The molecule has 3 unspecified atom stereocenters. The zero-order valence-corrected chi connectivity index (χ0v) is 15.0. The third-order valence-corrected chi connectivity index (χ3v) is 5.72. The number of hydrogen-bond acceptors (Lipinski definition) is 3. The number of rotatable bonds is 5. The van der Waals surface area contributed by atoms with Gasteiger partial charge in [0.05, 0.1) is 14.2 Å². The van der Waals surface area contributed by atoms with Crippen LogP contribution in [0.3, 0.4) is 0 Å². The van der Waals surface area contributed by atoms with Crippen molar-refractivity contribution in [1.82, 2.24) is 10.2 Å². The first kappa shape index (κ1) is 16.4. The lowest BCUT2D eigenvalue weighted by atomic mass is 9.95. The van der Waals surface area contributed by atoms with Crippen LogP contribution in [-0.4, -0.2) is 37.3 Å². The second-order valence-corrected chi connectivity index (χ2v) is 7.15. The Bertz CT molecular complexity index is 578. The van der Waals surface area contributed by atoms with Crippen molar-refractivity contribution in [3.05, 3.63) is 23.8 Å². The number of thiocarbonyl (C=S) groups is 1. The average molecular weight is 334 g/mol. The van der Waals surface area contributed by atoms with Crippen molar-refractivity contribution in [3.63, 3.8) is 0 Å². The number of nitrogens with one attached hydrogen (secondary N) is 1. The van der Waals surface area contributed by atoms with Gasteiger partial charge in [-0.2, -0.15) is 0 Å². The van der Waals surface area contributed by atoms with Gasteiger partial charge in [0, 0.05) is 31.3 Å². The fourth-order valence-corrected chi connectivity index (χ4v) is 4.22. The Morgan fingerprint density at radius 1 is 1.26 bits per heavy atom. The molecule has 2 bridgehead atoms. The van der Waals surface area contributed by atoms with Crippen LogP contribution in [-0.2, 0) is 6.54 Å². The van der Waals surface area contributed by atoms with Crippen LogP contribution in [0.15, 0.2) is 18.2 Å². The van der Waals surface area contributed by atoms with Crippen molar-refractivity contribution in [2.75, 3.05) is 21.3 Å². The second-order valence-electron chi connectivity index (χ2n) is 6.76. The molecule has 5 heteroatoms. The third-order valence-electron chi connectivity index (χ3n) is 5.30. The van der Waals surface area contributed by atoms with Crippen LogP contribution in [0.5, 0.6) is 11.5 Å². The van der Waals surface area contributed by atoms with Gasteiger partial charge in [-0.3, -0.25) is 0 Å². The Morgan fingerprint density at radius 2 is 2.09 bits per heavy atom. The van der Waals surface area contributed by atoms with Crippen molar-refractivity contribution in [3.8, 4) is 11.5 Å². The van der Waals surface area contributed by atoms with Crippen LogP contribution in [0, 0.1) is 11.8 Å². The highest BCUT2D eigenvalue weighted by Gasteiger charge is 2.39. The number of methoxy groups -OCH3 is 2. The van der Waals surface area contributed by atoms with E-state index in [4.69, 9.17) is 21.7 Å². The zero-order valence-electron chi connectivity index (χ0n) is 14.2. The molecule has 23 heavy (non-hydrogen) atoms. The summed E-state index contributed by atoms with van der Waals surface area (Å²) in [4.78, 5) is 2.09. The van der Waals surface area contributed by atoms with E-state index in [0.717, 1.165) is 40.6 Å². The first-order chi connectivity index (χ1) is 11.1. The first-order valence-corrected chi connectivity index (χ1v) is 8.74. The van der Waals surface area contributed by atoms with Gasteiger partial charge in [0.1, 0.15) is 11.5 Å². The van der Waals surface area contributed by atoms with Crippen LogP contribution in [0.2, 0.25) is 0 Å². The van der Waals surface area contributed by atoms with Gasteiger partial charge >= 0.3 is 0 Å². The molecule has 3 atom stereocenters. The molecule has 126 valence electrons. The minimum absolute atomic E-state index is 0.571. The molecule has 0 radical (unpaired) electrons. The monoisotopic (exact) mass is 334 g/mol. The smallest absolute Gasteiger partial charge is 0.169 e. The number of benzene rings is 1. The van der Waals surface area contributed by atoms with Crippen LogP contribution >= 0.6 is 12.2 Å². The Hall–Kier alpha value is -1.49. The summed E-state index contributed by atoms with van der Waals surface area (Å²) in [6.45, 7) is 0.722. The normalized spacial score (nSPS) is 25.3. The number of fused-ring (bicyclic) bond motifs is 2. The standard InChI is InChI=1S/C18H26N2O2S/c1-20(11-14-6-7-15(21-2)10-17(14)22-3)18(23)19-16-9-12-4-5-13(16)8-12/h6-7,10,12-13,16H,4-5,8-9,11H2,1-3H3,(H,19,23). The van der Waals surface area contributed by atoms with Gasteiger partial charge in [-0.05, 0) is 55.4 Å². The summed E-state index contributed by atoms with van der Waals surface area (Å²) in [7, 11) is 5.38. The predicted octanol–water partition coefficient (Wildman–Crippen LogP) is 3.20. The highest BCUT2D eigenvalue weighted by Crippen LogP contribution is 2.44. The van der Waals surface area contributed by atoms with Gasteiger partial charge < -0.3 is 19.7 Å². The molecule has 2 aliphatic carbocycles. The van der Waals surface area contributed by atoms with E-state index < -0.39 is 0 Å². The Balaban J connectivity index is 1.60. The van der Waals surface area contributed by atoms with E-state index in [0.29, 0.717) is 6.04 Å².